The van der Waals surface area contributed by atoms with Crippen LogP contribution in [0.1, 0.15) is 22.8 Å². The van der Waals surface area contributed by atoms with E-state index in [0.717, 1.165) is 35.7 Å². The normalized spacial score (nSPS) is 17.0. The molecular formula is C23H28N6O2. The monoisotopic (exact) mass is 420 g/mol. The van der Waals surface area contributed by atoms with Gasteiger partial charge in [-0.1, -0.05) is 30.3 Å². The lowest BCUT2D eigenvalue weighted by molar-refractivity contribution is -0.00805. The first-order chi connectivity index (χ1) is 15.1. The van der Waals surface area contributed by atoms with Crippen molar-refractivity contribution in [3.05, 3.63) is 88.1 Å². The molecule has 1 aliphatic rings. The van der Waals surface area contributed by atoms with Crippen LogP contribution in [0.25, 0.3) is 0 Å². The van der Waals surface area contributed by atoms with E-state index >= 15 is 0 Å². The lowest BCUT2D eigenvalue weighted by atomic mass is 10.1. The highest BCUT2D eigenvalue weighted by Gasteiger charge is 2.25. The Kier molecular flexibility index (Phi) is 6.47. The zero-order valence-corrected chi connectivity index (χ0v) is 17.9. The van der Waals surface area contributed by atoms with Gasteiger partial charge in [-0.15, -0.1) is 0 Å². The van der Waals surface area contributed by atoms with Gasteiger partial charge in [0.2, 0.25) is 0 Å². The Bertz CT molecular complexity index is 1090. The van der Waals surface area contributed by atoms with E-state index in [1.165, 1.54) is 0 Å². The fraction of sp³-hybridized carbons (Fsp3) is 0.348. The average Bonchev–Trinajstić information content (AvgIpc) is 3.23. The van der Waals surface area contributed by atoms with Crippen LogP contribution in [0.15, 0.2) is 70.8 Å². The summed E-state index contributed by atoms with van der Waals surface area (Å²) in [5.41, 5.74) is 3.33. The number of ether oxygens (including phenoxy) is 1. The maximum absolute atomic E-state index is 11.9. The number of hydrogen-bond acceptors (Lipinski definition) is 4. The van der Waals surface area contributed by atoms with Crippen molar-refractivity contribution in [1.82, 2.24) is 24.6 Å². The summed E-state index contributed by atoms with van der Waals surface area (Å²) in [6, 6.07) is 13.5. The summed E-state index contributed by atoms with van der Waals surface area (Å²) in [5, 5.41) is 7.70. The summed E-state index contributed by atoms with van der Waals surface area (Å²) in [6.07, 6.45) is 5.65. The van der Waals surface area contributed by atoms with Crippen LogP contribution >= 0.6 is 0 Å². The maximum Gasteiger partial charge on any atom is 0.250 e. The maximum atomic E-state index is 11.9. The molecule has 31 heavy (non-hydrogen) atoms. The number of nitrogens with one attached hydrogen (secondary N) is 1. The van der Waals surface area contributed by atoms with Gasteiger partial charge in [-0.3, -0.25) is 14.5 Å². The second-order valence-corrected chi connectivity index (χ2v) is 7.64. The van der Waals surface area contributed by atoms with E-state index in [2.05, 4.69) is 44.6 Å². The smallest absolute Gasteiger partial charge is 0.250 e. The van der Waals surface area contributed by atoms with Crippen LogP contribution in [-0.2, 0) is 24.9 Å². The molecule has 8 nitrogen and oxygen atoms in total. The molecule has 1 fully saturated rings. The first-order valence-electron chi connectivity index (χ1n) is 10.4. The number of aryl methyl sites for hydroxylation is 1. The van der Waals surface area contributed by atoms with Gasteiger partial charge in [0.15, 0.2) is 5.96 Å². The molecule has 3 aromatic rings. The van der Waals surface area contributed by atoms with Gasteiger partial charge < -0.3 is 19.5 Å². The summed E-state index contributed by atoms with van der Waals surface area (Å²) in [4.78, 5) is 18.6. The lowest BCUT2D eigenvalue weighted by Gasteiger charge is -2.34. The van der Waals surface area contributed by atoms with E-state index in [-0.39, 0.29) is 11.7 Å². The van der Waals surface area contributed by atoms with Gasteiger partial charge in [0.25, 0.3) is 5.56 Å². The van der Waals surface area contributed by atoms with Crippen molar-refractivity contribution in [2.45, 2.75) is 19.2 Å². The summed E-state index contributed by atoms with van der Waals surface area (Å²) in [5.74, 6) is 0.858. The number of morpholine rings is 1. The number of rotatable bonds is 5. The molecule has 2 aromatic heterocycles. The standard InChI is InChI=1S/C23H28N6O2/c1-24-23(29-11-12-31-21(17-29)20-14-26-27(2)16-20)25-13-18-6-8-19(9-7-18)15-28-10-4-3-5-22(28)30/h3-10,14,16,21H,11-13,15,17H2,1-2H3,(H,24,25). The van der Waals surface area contributed by atoms with Crippen molar-refractivity contribution in [3.63, 3.8) is 0 Å². The Morgan fingerprint density at radius 2 is 2.03 bits per heavy atom. The SMILES string of the molecule is CN=C(NCc1ccc(Cn2ccccc2=O)cc1)N1CCOC(c2cnn(C)c2)C1. The van der Waals surface area contributed by atoms with Crippen molar-refractivity contribution in [3.8, 4) is 0 Å². The third-order valence-corrected chi connectivity index (χ3v) is 5.40. The highest BCUT2D eigenvalue weighted by Crippen LogP contribution is 2.21. The van der Waals surface area contributed by atoms with Gasteiger partial charge in [0.05, 0.1) is 25.9 Å². The topological polar surface area (TPSA) is 76.7 Å². The number of hydrogen-bond donors (Lipinski definition) is 1. The highest BCUT2D eigenvalue weighted by atomic mass is 16.5. The van der Waals surface area contributed by atoms with Crippen LogP contribution in [0.2, 0.25) is 0 Å². The molecular weight excluding hydrogens is 392 g/mol. The molecule has 1 N–H and O–H groups in total. The van der Waals surface area contributed by atoms with Gasteiger partial charge in [-0.2, -0.15) is 5.10 Å². The van der Waals surface area contributed by atoms with Crippen molar-refractivity contribution < 1.29 is 4.74 Å². The second-order valence-electron chi connectivity index (χ2n) is 7.64. The molecule has 1 aromatic carbocycles. The largest absolute Gasteiger partial charge is 0.370 e. The molecule has 162 valence electrons. The van der Waals surface area contributed by atoms with Gasteiger partial charge in [0.1, 0.15) is 6.10 Å². The Hall–Kier alpha value is -3.39. The van der Waals surface area contributed by atoms with Crippen molar-refractivity contribution >= 4 is 5.96 Å². The van der Waals surface area contributed by atoms with E-state index < -0.39 is 0 Å². The first-order valence-corrected chi connectivity index (χ1v) is 10.4. The van der Waals surface area contributed by atoms with E-state index in [0.29, 0.717) is 19.7 Å². The quantitative estimate of drug-likeness (QED) is 0.503. The number of guanidine groups is 1. The van der Waals surface area contributed by atoms with E-state index in [4.69, 9.17) is 4.74 Å². The molecule has 4 rings (SSSR count). The fourth-order valence-electron chi connectivity index (χ4n) is 3.71. The Morgan fingerprint density at radius 1 is 1.23 bits per heavy atom. The van der Waals surface area contributed by atoms with Crippen LogP contribution in [0, 0.1) is 0 Å². The molecule has 0 spiro atoms. The van der Waals surface area contributed by atoms with Gasteiger partial charge >= 0.3 is 0 Å². The molecule has 0 radical (unpaired) electrons. The first kappa shape index (κ1) is 20.9. The third kappa shape index (κ3) is 5.21. The highest BCUT2D eigenvalue weighted by molar-refractivity contribution is 5.80. The average molecular weight is 421 g/mol. The van der Waals surface area contributed by atoms with Crippen molar-refractivity contribution in [2.75, 3.05) is 26.7 Å². The van der Waals surface area contributed by atoms with Crippen molar-refractivity contribution in [1.29, 1.82) is 0 Å². The number of nitrogens with zero attached hydrogens (tertiary/aromatic N) is 5. The Morgan fingerprint density at radius 3 is 2.74 bits per heavy atom. The predicted octanol–water partition coefficient (Wildman–Crippen LogP) is 1.78. The predicted molar refractivity (Wildman–Crippen MR) is 120 cm³/mol. The Labute approximate surface area is 181 Å². The number of benzene rings is 1. The molecule has 8 heteroatoms. The number of aromatic nitrogens is 3. The molecule has 3 heterocycles. The fourth-order valence-corrected chi connectivity index (χ4v) is 3.71. The Balaban J connectivity index is 1.34. The van der Waals surface area contributed by atoms with Crippen LogP contribution in [0.4, 0.5) is 0 Å². The van der Waals surface area contributed by atoms with Crippen LogP contribution in [0.5, 0.6) is 0 Å². The molecule has 0 bridgehead atoms. The molecule has 1 unspecified atom stereocenters. The summed E-state index contributed by atoms with van der Waals surface area (Å²) in [6.45, 7) is 3.41. The molecule has 0 amide bonds. The lowest BCUT2D eigenvalue weighted by Crippen LogP contribution is -2.47. The molecule has 1 saturated heterocycles. The zero-order valence-electron chi connectivity index (χ0n) is 17.9. The van der Waals surface area contributed by atoms with Gasteiger partial charge in [0, 0.05) is 51.2 Å². The molecule has 1 atom stereocenters. The molecule has 0 saturated carbocycles. The zero-order chi connectivity index (χ0) is 21.6. The van der Waals surface area contributed by atoms with Crippen LogP contribution in [-0.4, -0.2) is 52.0 Å². The van der Waals surface area contributed by atoms with E-state index in [1.807, 2.05) is 31.7 Å². The van der Waals surface area contributed by atoms with Gasteiger partial charge in [-0.25, -0.2) is 0 Å². The van der Waals surface area contributed by atoms with Gasteiger partial charge in [-0.05, 0) is 17.2 Å². The van der Waals surface area contributed by atoms with E-state index in [9.17, 15) is 4.79 Å². The third-order valence-electron chi connectivity index (χ3n) is 5.40. The minimum Gasteiger partial charge on any atom is -0.370 e. The minimum atomic E-state index is -0.0123. The number of aliphatic imine (C=N–C) groups is 1. The minimum absolute atomic E-state index is 0.00661. The second kappa shape index (κ2) is 9.61. The number of pyridine rings is 1. The summed E-state index contributed by atoms with van der Waals surface area (Å²) >= 11 is 0. The van der Waals surface area contributed by atoms with Crippen LogP contribution < -0.4 is 10.9 Å². The van der Waals surface area contributed by atoms with E-state index in [1.54, 1.807) is 28.4 Å². The van der Waals surface area contributed by atoms with Crippen LogP contribution in [0.3, 0.4) is 0 Å². The molecule has 0 aliphatic carbocycles. The summed E-state index contributed by atoms with van der Waals surface area (Å²) < 4.78 is 9.43. The summed E-state index contributed by atoms with van der Waals surface area (Å²) in [7, 11) is 3.71. The molecule has 1 aliphatic heterocycles. The van der Waals surface area contributed by atoms with Crippen molar-refractivity contribution in [2.24, 2.45) is 12.0 Å².